The van der Waals surface area contributed by atoms with Crippen molar-refractivity contribution in [3.8, 4) is 5.75 Å². The summed E-state index contributed by atoms with van der Waals surface area (Å²) in [6.07, 6.45) is 1.83. The van der Waals surface area contributed by atoms with Crippen molar-refractivity contribution in [1.82, 2.24) is 4.90 Å². The smallest absolute Gasteiger partial charge is 0.263 e. The lowest BCUT2D eigenvalue weighted by Crippen LogP contribution is -2.37. The highest BCUT2D eigenvalue weighted by atomic mass is 32.1. The lowest BCUT2D eigenvalue weighted by atomic mass is 9.89. The third-order valence-corrected chi connectivity index (χ3v) is 6.15. The van der Waals surface area contributed by atoms with Crippen LogP contribution in [0.4, 0.5) is 4.39 Å². The van der Waals surface area contributed by atoms with E-state index in [0.717, 1.165) is 52.2 Å². The van der Waals surface area contributed by atoms with Crippen LogP contribution in [-0.4, -0.2) is 31.0 Å². The number of methoxy groups -OCH3 is 1. The molecule has 1 fully saturated rings. The van der Waals surface area contributed by atoms with E-state index < -0.39 is 0 Å². The van der Waals surface area contributed by atoms with Crippen molar-refractivity contribution in [2.75, 3.05) is 20.2 Å². The summed E-state index contributed by atoms with van der Waals surface area (Å²) in [5.41, 5.74) is 1.16. The van der Waals surface area contributed by atoms with Crippen LogP contribution in [0.2, 0.25) is 0 Å². The van der Waals surface area contributed by atoms with Crippen LogP contribution in [0, 0.1) is 5.82 Å². The second kappa shape index (κ2) is 7.08. The average molecular weight is 369 g/mol. The molecule has 3 aromatic rings. The van der Waals surface area contributed by atoms with Crippen LogP contribution in [0.3, 0.4) is 0 Å². The normalized spacial score (nSPS) is 15.4. The summed E-state index contributed by atoms with van der Waals surface area (Å²) in [6, 6.07) is 14.6. The van der Waals surface area contributed by atoms with Gasteiger partial charge in [0.2, 0.25) is 0 Å². The van der Waals surface area contributed by atoms with E-state index in [4.69, 9.17) is 4.74 Å². The number of carbonyl (C=O) groups excluding carboxylic acids is 1. The first kappa shape index (κ1) is 17.0. The number of ether oxygens (including phenoxy) is 1. The Balaban J connectivity index is 1.45. The Morgan fingerprint density at radius 1 is 1.12 bits per heavy atom. The first-order valence-electron chi connectivity index (χ1n) is 8.76. The summed E-state index contributed by atoms with van der Waals surface area (Å²) in [4.78, 5) is 15.6. The highest BCUT2D eigenvalue weighted by Crippen LogP contribution is 2.32. The van der Waals surface area contributed by atoms with E-state index in [-0.39, 0.29) is 11.7 Å². The van der Waals surface area contributed by atoms with Crippen LogP contribution in [0.1, 0.15) is 34.0 Å². The molecule has 5 heteroatoms. The zero-order valence-electron chi connectivity index (χ0n) is 14.6. The molecule has 0 unspecified atom stereocenters. The van der Waals surface area contributed by atoms with Crippen LogP contribution in [0.25, 0.3) is 10.1 Å². The highest BCUT2D eigenvalue weighted by molar-refractivity contribution is 7.20. The third-order valence-electron chi connectivity index (χ3n) is 5.06. The summed E-state index contributed by atoms with van der Waals surface area (Å²) in [5, 5.41) is 1.07. The highest BCUT2D eigenvalue weighted by Gasteiger charge is 2.25. The fourth-order valence-corrected chi connectivity index (χ4v) is 4.61. The molecule has 1 amide bonds. The monoisotopic (exact) mass is 369 g/mol. The van der Waals surface area contributed by atoms with Gasteiger partial charge >= 0.3 is 0 Å². The molecule has 3 nitrogen and oxygen atoms in total. The Labute approximate surface area is 156 Å². The number of rotatable bonds is 3. The second-order valence-electron chi connectivity index (χ2n) is 6.63. The molecule has 0 bridgehead atoms. The maximum atomic E-state index is 13.1. The van der Waals surface area contributed by atoms with E-state index in [1.165, 1.54) is 23.5 Å². The molecule has 26 heavy (non-hydrogen) atoms. The number of nitrogens with zero attached hydrogens (tertiary/aromatic N) is 1. The molecule has 1 aromatic heterocycles. The van der Waals surface area contributed by atoms with Crippen molar-refractivity contribution in [3.05, 3.63) is 64.8 Å². The van der Waals surface area contributed by atoms with Gasteiger partial charge in [-0.2, -0.15) is 0 Å². The maximum absolute atomic E-state index is 13.1. The van der Waals surface area contributed by atoms with Crippen molar-refractivity contribution in [2.45, 2.75) is 18.8 Å². The van der Waals surface area contributed by atoms with Gasteiger partial charge in [0.1, 0.15) is 11.6 Å². The Kier molecular flexibility index (Phi) is 4.64. The van der Waals surface area contributed by atoms with Gasteiger partial charge in [0, 0.05) is 17.8 Å². The minimum absolute atomic E-state index is 0.0997. The lowest BCUT2D eigenvalue weighted by Gasteiger charge is -2.32. The Hall–Kier alpha value is -2.40. The molecule has 134 valence electrons. The zero-order chi connectivity index (χ0) is 18.1. The number of thiophene rings is 1. The molecule has 0 aliphatic carbocycles. The number of benzene rings is 2. The number of likely N-dealkylation sites (tertiary alicyclic amines) is 1. The molecule has 4 rings (SSSR count). The average Bonchev–Trinajstić information content (AvgIpc) is 3.11. The van der Waals surface area contributed by atoms with Crippen LogP contribution in [-0.2, 0) is 0 Å². The number of hydrogen-bond donors (Lipinski definition) is 0. The minimum Gasteiger partial charge on any atom is -0.497 e. The van der Waals surface area contributed by atoms with Crippen LogP contribution in [0.15, 0.2) is 48.5 Å². The van der Waals surface area contributed by atoms with E-state index >= 15 is 0 Å². The van der Waals surface area contributed by atoms with Crippen molar-refractivity contribution < 1.29 is 13.9 Å². The molecule has 1 aliphatic heterocycles. The first-order valence-corrected chi connectivity index (χ1v) is 9.58. The molecule has 0 atom stereocenters. The van der Waals surface area contributed by atoms with Gasteiger partial charge in [-0.3, -0.25) is 4.79 Å². The number of halogens is 1. The molecule has 0 saturated carbocycles. The van der Waals surface area contributed by atoms with Crippen molar-refractivity contribution >= 4 is 27.3 Å². The Morgan fingerprint density at radius 3 is 2.54 bits per heavy atom. The molecule has 2 heterocycles. The van der Waals surface area contributed by atoms with E-state index in [9.17, 15) is 9.18 Å². The van der Waals surface area contributed by atoms with E-state index in [0.29, 0.717) is 5.92 Å². The minimum atomic E-state index is -0.206. The lowest BCUT2D eigenvalue weighted by molar-refractivity contribution is 0.0718. The van der Waals surface area contributed by atoms with Crippen LogP contribution < -0.4 is 4.74 Å². The van der Waals surface area contributed by atoms with E-state index in [1.807, 2.05) is 41.3 Å². The Bertz CT molecular complexity index is 927. The fourth-order valence-electron chi connectivity index (χ4n) is 3.55. The molecule has 0 N–H and O–H groups in total. The molecular formula is C21H20FNO2S. The van der Waals surface area contributed by atoms with Gasteiger partial charge in [-0.1, -0.05) is 12.1 Å². The summed E-state index contributed by atoms with van der Waals surface area (Å²) in [5.74, 6) is 1.09. The SMILES string of the molecule is COc1ccc2cc(C(=O)N3CCC(c4ccc(F)cc4)CC3)sc2c1. The molecule has 0 spiro atoms. The summed E-state index contributed by atoms with van der Waals surface area (Å²) in [7, 11) is 1.64. The Morgan fingerprint density at radius 2 is 1.85 bits per heavy atom. The number of hydrogen-bond acceptors (Lipinski definition) is 3. The summed E-state index contributed by atoms with van der Waals surface area (Å²) in [6.45, 7) is 1.47. The van der Waals surface area contributed by atoms with Crippen LogP contribution in [0.5, 0.6) is 5.75 Å². The standard InChI is InChI=1S/C21H20FNO2S/c1-25-18-7-4-16-12-20(26-19(16)13-18)21(24)23-10-8-15(9-11-23)14-2-5-17(22)6-3-14/h2-7,12-13,15H,8-11H2,1H3. The second-order valence-corrected chi connectivity index (χ2v) is 7.72. The summed E-state index contributed by atoms with van der Waals surface area (Å²) >= 11 is 1.51. The van der Waals surface area contributed by atoms with Crippen molar-refractivity contribution in [3.63, 3.8) is 0 Å². The van der Waals surface area contributed by atoms with Crippen LogP contribution >= 0.6 is 11.3 Å². The van der Waals surface area contributed by atoms with Gasteiger partial charge in [-0.25, -0.2) is 4.39 Å². The van der Waals surface area contributed by atoms with E-state index in [2.05, 4.69) is 0 Å². The predicted molar refractivity (Wildman–Crippen MR) is 103 cm³/mol. The maximum Gasteiger partial charge on any atom is 0.263 e. The first-order chi connectivity index (χ1) is 12.6. The van der Waals surface area contributed by atoms with Gasteiger partial charge in [0.15, 0.2) is 0 Å². The number of fused-ring (bicyclic) bond motifs is 1. The van der Waals surface area contributed by atoms with Gasteiger partial charge in [0.25, 0.3) is 5.91 Å². The summed E-state index contributed by atoms with van der Waals surface area (Å²) < 4.78 is 19.4. The fraction of sp³-hybridized carbons (Fsp3) is 0.286. The predicted octanol–water partition coefficient (Wildman–Crippen LogP) is 5.07. The largest absolute Gasteiger partial charge is 0.497 e. The van der Waals surface area contributed by atoms with Crippen molar-refractivity contribution in [1.29, 1.82) is 0 Å². The topological polar surface area (TPSA) is 29.5 Å². The molecule has 2 aromatic carbocycles. The number of piperidine rings is 1. The van der Waals surface area contributed by atoms with Crippen molar-refractivity contribution in [2.24, 2.45) is 0 Å². The van der Waals surface area contributed by atoms with Gasteiger partial charge < -0.3 is 9.64 Å². The molecule has 1 saturated heterocycles. The van der Waals surface area contributed by atoms with Gasteiger partial charge in [-0.05, 0) is 66.1 Å². The van der Waals surface area contributed by atoms with E-state index in [1.54, 1.807) is 7.11 Å². The zero-order valence-corrected chi connectivity index (χ0v) is 15.4. The number of carbonyl (C=O) groups is 1. The quantitative estimate of drug-likeness (QED) is 0.645. The molecule has 0 radical (unpaired) electrons. The third kappa shape index (κ3) is 3.31. The van der Waals surface area contributed by atoms with Gasteiger partial charge in [0.05, 0.1) is 12.0 Å². The number of amides is 1. The molecule has 1 aliphatic rings. The van der Waals surface area contributed by atoms with Gasteiger partial charge in [-0.15, -0.1) is 11.3 Å². The molecular weight excluding hydrogens is 349 g/mol.